The lowest BCUT2D eigenvalue weighted by molar-refractivity contribution is 0.153. The zero-order chi connectivity index (χ0) is 19.0. The smallest absolute Gasteiger partial charge is 0.385 e. The summed E-state index contributed by atoms with van der Waals surface area (Å²) in [5, 5.41) is 0. The van der Waals surface area contributed by atoms with Crippen LogP contribution in [0.1, 0.15) is 69.4 Å². The first-order valence-corrected chi connectivity index (χ1v) is 10.9. The van der Waals surface area contributed by atoms with Gasteiger partial charge in [0, 0.05) is 19.3 Å². The Morgan fingerprint density at radius 1 is 1.19 bits per heavy atom. The van der Waals surface area contributed by atoms with E-state index in [4.69, 9.17) is 20.3 Å². The molecule has 1 aromatic carbocycles. The lowest BCUT2D eigenvalue weighted by Gasteiger charge is -2.24. The third-order valence-electron chi connectivity index (χ3n) is 5.18. The molecule has 0 heterocycles. The van der Waals surface area contributed by atoms with Gasteiger partial charge in [-0.3, -0.25) is 4.52 Å². The maximum absolute atomic E-state index is 10.9. The maximum Gasteiger partial charge on any atom is 0.469 e. The van der Waals surface area contributed by atoms with Crippen molar-refractivity contribution >= 4 is 7.82 Å². The molecule has 0 saturated heterocycles. The Balaban J connectivity index is 0.00000364. The summed E-state index contributed by atoms with van der Waals surface area (Å²) >= 11 is 0. The van der Waals surface area contributed by atoms with Gasteiger partial charge in [-0.25, -0.2) is 4.57 Å². The fourth-order valence-corrected chi connectivity index (χ4v) is 4.10. The van der Waals surface area contributed by atoms with Gasteiger partial charge in [-0.2, -0.15) is 0 Å². The van der Waals surface area contributed by atoms with Crippen LogP contribution in [-0.2, 0) is 20.2 Å². The van der Waals surface area contributed by atoms with Gasteiger partial charge in [-0.15, -0.1) is 0 Å². The van der Waals surface area contributed by atoms with Gasteiger partial charge in [0.05, 0.1) is 6.61 Å². The number of methoxy groups -OCH3 is 1. The first-order valence-electron chi connectivity index (χ1n) is 9.38. The van der Waals surface area contributed by atoms with Crippen molar-refractivity contribution in [3.05, 3.63) is 35.4 Å². The van der Waals surface area contributed by atoms with Gasteiger partial charge in [0.15, 0.2) is 0 Å². The van der Waals surface area contributed by atoms with Crippen LogP contribution in [0.5, 0.6) is 0 Å². The van der Waals surface area contributed by atoms with Crippen LogP contribution in [0.15, 0.2) is 24.3 Å². The molecule has 27 heavy (non-hydrogen) atoms. The fraction of sp³-hybridized carbons (Fsp3) is 0.700. The number of nitrogens with two attached hydrogens (primary N) is 1. The molecule has 0 radical (unpaired) electrons. The summed E-state index contributed by atoms with van der Waals surface area (Å²) < 4.78 is 20.6. The number of aryl methyl sites for hydroxylation is 1. The van der Waals surface area contributed by atoms with Crippen LogP contribution in [0.25, 0.3) is 0 Å². The van der Waals surface area contributed by atoms with Gasteiger partial charge in [0.1, 0.15) is 0 Å². The third kappa shape index (κ3) is 8.86. The van der Waals surface area contributed by atoms with Crippen molar-refractivity contribution < 1.29 is 23.6 Å². The average Bonchev–Trinajstić information content (AvgIpc) is 2.99. The molecule has 1 aromatic rings. The SMILES string of the molecule is C.COCCCCCCc1ccc([C@@H]2CC[C@](N)(COP(=O)(O)O)C2)cc1. The van der Waals surface area contributed by atoms with Gasteiger partial charge in [0.25, 0.3) is 0 Å². The van der Waals surface area contributed by atoms with E-state index >= 15 is 0 Å². The molecule has 0 bridgehead atoms. The molecule has 156 valence electrons. The van der Waals surface area contributed by atoms with Crippen LogP contribution >= 0.6 is 7.82 Å². The van der Waals surface area contributed by atoms with Gasteiger partial charge in [-0.05, 0) is 55.6 Å². The number of phosphoric acid groups is 1. The van der Waals surface area contributed by atoms with E-state index in [2.05, 4.69) is 28.8 Å². The first-order chi connectivity index (χ1) is 12.3. The second-order valence-corrected chi connectivity index (χ2v) is 8.70. The Morgan fingerprint density at radius 2 is 1.85 bits per heavy atom. The molecule has 0 unspecified atom stereocenters. The number of phosphoric ester groups is 1. The monoisotopic (exact) mass is 401 g/mol. The number of unbranched alkanes of at least 4 members (excludes halogenated alkanes) is 3. The number of rotatable bonds is 11. The molecule has 0 aliphatic heterocycles. The van der Waals surface area contributed by atoms with Crippen molar-refractivity contribution in [2.45, 2.75) is 70.3 Å². The Bertz CT molecular complexity index is 589. The van der Waals surface area contributed by atoms with Gasteiger partial charge in [-0.1, -0.05) is 44.5 Å². The van der Waals surface area contributed by atoms with Crippen LogP contribution in [0.3, 0.4) is 0 Å². The minimum Gasteiger partial charge on any atom is -0.385 e. The van der Waals surface area contributed by atoms with Crippen LogP contribution < -0.4 is 5.73 Å². The molecule has 1 fully saturated rings. The highest BCUT2D eigenvalue weighted by Crippen LogP contribution is 2.43. The van der Waals surface area contributed by atoms with Gasteiger partial charge >= 0.3 is 7.82 Å². The van der Waals surface area contributed by atoms with E-state index in [1.807, 2.05) is 0 Å². The van der Waals surface area contributed by atoms with E-state index in [0.717, 1.165) is 25.9 Å². The normalized spacial score (nSPS) is 22.6. The third-order valence-corrected chi connectivity index (χ3v) is 5.64. The van der Waals surface area contributed by atoms with E-state index in [0.29, 0.717) is 18.8 Å². The lowest BCUT2D eigenvalue weighted by atomic mass is 9.92. The number of ether oxygens (including phenoxy) is 1. The molecule has 1 saturated carbocycles. The van der Waals surface area contributed by atoms with Crippen LogP contribution in [0.4, 0.5) is 0 Å². The van der Waals surface area contributed by atoms with Crippen molar-refractivity contribution in [2.75, 3.05) is 20.3 Å². The van der Waals surface area contributed by atoms with Crippen molar-refractivity contribution in [1.29, 1.82) is 0 Å². The summed E-state index contributed by atoms with van der Waals surface area (Å²) in [6, 6.07) is 8.71. The molecular formula is C20H36NO5P. The minimum atomic E-state index is -4.47. The first kappa shape index (κ1) is 24.3. The van der Waals surface area contributed by atoms with E-state index in [1.165, 1.54) is 30.4 Å². The summed E-state index contributed by atoms with van der Waals surface area (Å²) in [7, 11) is -2.72. The standard InChI is InChI=1S/C19H32NO5P.CH4/c1-24-13-5-3-2-4-6-16-7-9-17(10-8-16)18-11-12-19(20,14-18)15-25-26(21,22)23;/h7-10,18H,2-6,11-15,20H2,1H3,(H2,21,22,23);1H4/t18-,19-;/m1./s1. The Morgan fingerprint density at radius 3 is 2.48 bits per heavy atom. The number of hydrogen-bond acceptors (Lipinski definition) is 4. The van der Waals surface area contributed by atoms with Crippen LogP contribution in [0.2, 0.25) is 0 Å². The topological polar surface area (TPSA) is 102 Å². The van der Waals surface area contributed by atoms with E-state index in [9.17, 15) is 4.57 Å². The molecule has 1 aliphatic carbocycles. The van der Waals surface area contributed by atoms with Crippen LogP contribution in [-0.4, -0.2) is 35.6 Å². The zero-order valence-electron chi connectivity index (χ0n) is 15.6. The highest BCUT2D eigenvalue weighted by molar-refractivity contribution is 7.46. The minimum absolute atomic E-state index is 0. The summed E-state index contributed by atoms with van der Waals surface area (Å²) in [4.78, 5) is 17.7. The highest BCUT2D eigenvalue weighted by atomic mass is 31.2. The Kier molecular flexibility index (Phi) is 10.2. The van der Waals surface area contributed by atoms with Gasteiger partial charge < -0.3 is 20.3 Å². The molecule has 0 aromatic heterocycles. The molecule has 0 spiro atoms. The molecule has 2 atom stereocenters. The molecular weight excluding hydrogens is 365 g/mol. The Hall–Kier alpha value is -0.750. The van der Waals surface area contributed by atoms with E-state index in [-0.39, 0.29) is 14.0 Å². The van der Waals surface area contributed by atoms with Crippen molar-refractivity contribution in [2.24, 2.45) is 5.73 Å². The predicted octanol–water partition coefficient (Wildman–Crippen LogP) is 4.15. The summed E-state index contributed by atoms with van der Waals surface area (Å²) in [5.41, 5.74) is 8.20. The Labute approximate surface area is 163 Å². The molecule has 1 aliphatic rings. The molecule has 0 amide bonds. The highest BCUT2D eigenvalue weighted by Gasteiger charge is 2.38. The van der Waals surface area contributed by atoms with Crippen molar-refractivity contribution in [1.82, 2.24) is 0 Å². The number of benzene rings is 1. The van der Waals surface area contributed by atoms with Crippen LogP contribution in [0, 0.1) is 0 Å². The second kappa shape index (κ2) is 11.3. The summed E-state index contributed by atoms with van der Waals surface area (Å²) in [6.45, 7) is 0.743. The van der Waals surface area contributed by atoms with Crippen molar-refractivity contribution in [3.63, 3.8) is 0 Å². The number of hydrogen-bond donors (Lipinski definition) is 3. The summed E-state index contributed by atoms with van der Waals surface area (Å²) in [6.07, 6.45) is 8.16. The molecule has 4 N–H and O–H groups in total. The molecule has 6 nitrogen and oxygen atoms in total. The quantitative estimate of drug-likeness (QED) is 0.380. The average molecular weight is 401 g/mol. The summed E-state index contributed by atoms with van der Waals surface area (Å²) in [5.74, 6) is 0.323. The maximum atomic E-state index is 10.9. The van der Waals surface area contributed by atoms with E-state index < -0.39 is 13.4 Å². The fourth-order valence-electron chi connectivity index (χ4n) is 3.67. The largest absolute Gasteiger partial charge is 0.469 e. The predicted molar refractivity (Wildman–Crippen MR) is 109 cm³/mol. The van der Waals surface area contributed by atoms with Gasteiger partial charge in [0.2, 0.25) is 0 Å². The lowest BCUT2D eigenvalue weighted by Crippen LogP contribution is -2.41. The molecule has 2 rings (SSSR count). The molecule has 7 heteroatoms. The zero-order valence-corrected chi connectivity index (χ0v) is 16.5. The second-order valence-electron chi connectivity index (χ2n) is 7.46. The van der Waals surface area contributed by atoms with Crippen molar-refractivity contribution in [3.8, 4) is 0 Å². The van der Waals surface area contributed by atoms with E-state index in [1.54, 1.807) is 7.11 Å².